The zero-order valence-corrected chi connectivity index (χ0v) is 12.7. The van der Waals surface area contributed by atoms with Crippen LogP contribution in [0.15, 0.2) is 34.2 Å². The summed E-state index contributed by atoms with van der Waals surface area (Å²) in [7, 11) is 0. The largest absolute Gasteiger partial charge is 0.437 e. The van der Waals surface area contributed by atoms with Gasteiger partial charge in [-0.25, -0.2) is 0 Å². The predicted octanol–water partition coefficient (Wildman–Crippen LogP) is 3.72. The van der Waals surface area contributed by atoms with Crippen molar-refractivity contribution in [2.75, 3.05) is 0 Å². The fourth-order valence-electron chi connectivity index (χ4n) is 1.87. The Morgan fingerprint density at radius 2 is 2.32 bits per heavy atom. The molecule has 0 atom stereocenters. The molecule has 0 saturated carbocycles. The quantitative estimate of drug-likeness (QED) is 0.792. The summed E-state index contributed by atoms with van der Waals surface area (Å²) in [6, 6.07) is 5.92. The summed E-state index contributed by atoms with van der Waals surface area (Å²) in [6.45, 7) is 2.39. The van der Waals surface area contributed by atoms with Gasteiger partial charge in [-0.15, -0.1) is 11.3 Å². The average Bonchev–Trinajstić information content (AvgIpc) is 2.94. The highest BCUT2D eigenvalue weighted by Gasteiger charge is 2.14. The van der Waals surface area contributed by atoms with Crippen molar-refractivity contribution in [1.82, 2.24) is 9.38 Å². The van der Waals surface area contributed by atoms with E-state index in [9.17, 15) is 0 Å². The van der Waals surface area contributed by atoms with Crippen molar-refractivity contribution in [2.24, 2.45) is 5.73 Å². The van der Waals surface area contributed by atoms with Crippen molar-refractivity contribution in [2.45, 2.75) is 13.5 Å². The number of hydrogen-bond donors (Lipinski definition) is 1. The number of fused-ring (bicyclic) bond motifs is 1. The summed E-state index contributed by atoms with van der Waals surface area (Å²) in [4.78, 5) is 5.37. The van der Waals surface area contributed by atoms with Gasteiger partial charge in [-0.3, -0.25) is 4.40 Å². The Hall–Kier alpha value is -1.37. The van der Waals surface area contributed by atoms with Gasteiger partial charge in [-0.2, -0.15) is 4.98 Å². The molecular formula is C13H12BrN3OS. The molecule has 0 bridgehead atoms. The Labute approximate surface area is 123 Å². The third-order valence-electron chi connectivity index (χ3n) is 2.87. The molecule has 0 aliphatic rings. The molecule has 2 aromatic heterocycles. The molecule has 98 valence electrons. The zero-order chi connectivity index (χ0) is 13.4. The van der Waals surface area contributed by atoms with E-state index < -0.39 is 0 Å². The first kappa shape index (κ1) is 12.7. The SMILES string of the molecule is Cc1ccc(Br)cc1Oc1nc2sccn2c1CN. The highest BCUT2D eigenvalue weighted by Crippen LogP contribution is 2.31. The Balaban J connectivity index is 2.05. The molecule has 3 rings (SSSR count). The summed E-state index contributed by atoms with van der Waals surface area (Å²) < 4.78 is 8.86. The van der Waals surface area contributed by atoms with Crippen LogP contribution < -0.4 is 10.5 Å². The van der Waals surface area contributed by atoms with Crippen LogP contribution in [0.4, 0.5) is 0 Å². The molecule has 0 spiro atoms. The monoisotopic (exact) mass is 337 g/mol. The number of nitrogens with zero attached hydrogens (tertiary/aromatic N) is 2. The van der Waals surface area contributed by atoms with E-state index in [1.807, 2.05) is 41.1 Å². The number of imidazole rings is 1. The summed E-state index contributed by atoms with van der Waals surface area (Å²) in [5.41, 5.74) is 7.74. The lowest BCUT2D eigenvalue weighted by molar-refractivity contribution is 0.455. The van der Waals surface area contributed by atoms with Crippen LogP contribution in [0.5, 0.6) is 11.6 Å². The van der Waals surface area contributed by atoms with E-state index in [4.69, 9.17) is 10.5 Å². The van der Waals surface area contributed by atoms with Crippen LogP contribution in [-0.4, -0.2) is 9.38 Å². The molecule has 0 fully saturated rings. The number of ether oxygens (including phenoxy) is 1. The van der Waals surface area contributed by atoms with E-state index in [0.717, 1.165) is 26.4 Å². The van der Waals surface area contributed by atoms with Crippen LogP contribution in [0.2, 0.25) is 0 Å². The predicted molar refractivity (Wildman–Crippen MR) is 79.9 cm³/mol. The van der Waals surface area contributed by atoms with E-state index in [1.165, 1.54) is 0 Å². The van der Waals surface area contributed by atoms with Crippen LogP contribution in [0, 0.1) is 6.92 Å². The standard InChI is InChI=1S/C13H12BrN3OS/c1-8-2-3-9(14)6-11(8)18-12-10(7-15)17-4-5-19-13(17)16-12/h2-6H,7,15H2,1H3. The molecule has 0 aliphatic heterocycles. The topological polar surface area (TPSA) is 52.5 Å². The maximum Gasteiger partial charge on any atom is 0.243 e. The normalized spacial score (nSPS) is 11.1. The molecule has 1 aromatic carbocycles. The van der Waals surface area contributed by atoms with Crippen molar-refractivity contribution in [1.29, 1.82) is 0 Å². The van der Waals surface area contributed by atoms with E-state index in [1.54, 1.807) is 11.3 Å². The lowest BCUT2D eigenvalue weighted by Crippen LogP contribution is -2.02. The van der Waals surface area contributed by atoms with Crippen molar-refractivity contribution < 1.29 is 4.74 Å². The van der Waals surface area contributed by atoms with Gasteiger partial charge >= 0.3 is 0 Å². The Kier molecular flexibility index (Phi) is 3.30. The fourth-order valence-corrected chi connectivity index (χ4v) is 2.93. The van der Waals surface area contributed by atoms with Gasteiger partial charge < -0.3 is 10.5 Å². The molecule has 0 radical (unpaired) electrons. The second-order valence-corrected chi connectivity index (χ2v) is 5.92. The molecule has 2 N–H and O–H groups in total. The summed E-state index contributed by atoms with van der Waals surface area (Å²) in [5.74, 6) is 1.37. The van der Waals surface area contributed by atoms with Crippen molar-refractivity contribution in [3.8, 4) is 11.6 Å². The lowest BCUT2D eigenvalue weighted by Gasteiger charge is -2.08. The molecule has 0 aliphatic carbocycles. The highest BCUT2D eigenvalue weighted by atomic mass is 79.9. The van der Waals surface area contributed by atoms with Gasteiger partial charge in [0.1, 0.15) is 11.4 Å². The Morgan fingerprint density at radius 1 is 1.47 bits per heavy atom. The third kappa shape index (κ3) is 2.27. The second-order valence-electron chi connectivity index (χ2n) is 4.14. The number of hydrogen-bond acceptors (Lipinski definition) is 4. The molecule has 0 amide bonds. The number of aromatic nitrogens is 2. The van der Waals surface area contributed by atoms with Gasteiger partial charge in [-0.1, -0.05) is 22.0 Å². The van der Waals surface area contributed by atoms with E-state index in [2.05, 4.69) is 20.9 Å². The maximum atomic E-state index is 5.92. The molecule has 19 heavy (non-hydrogen) atoms. The van der Waals surface area contributed by atoms with Crippen molar-refractivity contribution in [3.05, 3.63) is 45.5 Å². The van der Waals surface area contributed by atoms with Crippen molar-refractivity contribution in [3.63, 3.8) is 0 Å². The number of rotatable bonds is 3. The molecular weight excluding hydrogens is 326 g/mol. The van der Waals surface area contributed by atoms with Gasteiger partial charge in [0.15, 0.2) is 4.96 Å². The van der Waals surface area contributed by atoms with E-state index in [-0.39, 0.29) is 0 Å². The minimum Gasteiger partial charge on any atom is -0.437 e. The summed E-state index contributed by atoms with van der Waals surface area (Å²) in [5, 5.41) is 1.98. The van der Waals surface area contributed by atoms with E-state index in [0.29, 0.717) is 12.4 Å². The van der Waals surface area contributed by atoms with Gasteiger partial charge in [-0.05, 0) is 24.6 Å². The fraction of sp³-hybridized carbons (Fsp3) is 0.154. The lowest BCUT2D eigenvalue weighted by atomic mass is 10.2. The molecule has 2 heterocycles. The van der Waals surface area contributed by atoms with Crippen molar-refractivity contribution >= 4 is 32.2 Å². The van der Waals surface area contributed by atoms with Crippen LogP contribution in [0.25, 0.3) is 4.96 Å². The maximum absolute atomic E-state index is 5.92. The number of halogens is 1. The number of aryl methyl sites for hydroxylation is 1. The second kappa shape index (κ2) is 4.96. The number of benzene rings is 1. The zero-order valence-electron chi connectivity index (χ0n) is 10.3. The Bertz CT molecular complexity index is 735. The minimum absolute atomic E-state index is 0.389. The number of nitrogens with two attached hydrogens (primary N) is 1. The molecule has 6 heteroatoms. The average molecular weight is 338 g/mol. The van der Waals surface area contributed by atoms with Crippen LogP contribution in [-0.2, 0) is 6.54 Å². The minimum atomic E-state index is 0.389. The van der Waals surface area contributed by atoms with Gasteiger partial charge in [0.25, 0.3) is 0 Å². The van der Waals surface area contributed by atoms with Gasteiger partial charge in [0, 0.05) is 22.6 Å². The van der Waals surface area contributed by atoms with Gasteiger partial charge in [0.05, 0.1) is 0 Å². The number of thiazole rings is 1. The molecule has 3 aromatic rings. The first-order valence-corrected chi connectivity index (χ1v) is 7.45. The third-order valence-corrected chi connectivity index (χ3v) is 4.12. The first-order valence-electron chi connectivity index (χ1n) is 5.77. The van der Waals surface area contributed by atoms with E-state index >= 15 is 0 Å². The molecule has 0 saturated heterocycles. The summed E-state index contributed by atoms with van der Waals surface area (Å²) >= 11 is 5.01. The Morgan fingerprint density at radius 3 is 3.11 bits per heavy atom. The van der Waals surface area contributed by atoms with Gasteiger partial charge in [0.2, 0.25) is 5.88 Å². The van der Waals surface area contributed by atoms with Crippen LogP contribution in [0.1, 0.15) is 11.3 Å². The summed E-state index contributed by atoms with van der Waals surface area (Å²) in [6.07, 6.45) is 1.95. The molecule has 4 nitrogen and oxygen atoms in total. The first-order chi connectivity index (χ1) is 9.19. The smallest absolute Gasteiger partial charge is 0.243 e. The highest BCUT2D eigenvalue weighted by molar-refractivity contribution is 9.10. The van der Waals surface area contributed by atoms with Crippen LogP contribution >= 0.6 is 27.3 Å². The molecule has 0 unspecified atom stereocenters. The van der Waals surface area contributed by atoms with Crippen LogP contribution in [0.3, 0.4) is 0 Å².